The van der Waals surface area contributed by atoms with E-state index in [1.807, 2.05) is 45.0 Å². The normalized spacial score (nSPS) is 11.6. The van der Waals surface area contributed by atoms with E-state index >= 15 is 0 Å². The fourth-order valence-corrected chi connectivity index (χ4v) is 6.48. The summed E-state index contributed by atoms with van der Waals surface area (Å²) in [5.74, 6) is 0.352. The number of anilines is 2. The van der Waals surface area contributed by atoms with Gasteiger partial charge in [0.15, 0.2) is 15.8 Å². The maximum Gasteiger partial charge on any atom is 0.270 e. The monoisotopic (exact) mass is 514 g/mol. The van der Waals surface area contributed by atoms with Gasteiger partial charge < -0.3 is 14.6 Å². The summed E-state index contributed by atoms with van der Waals surface area (Å²) in [6.45, 7) is 8.83. The molecule has 2 aromatic carbocycles. The van der Waals surface area contributed by atoms with Gasteiger partial charge in [0, 0.05) is 0 Å². The van der Waals surface area contributed by atoms with Gasteiger partial charge >= 0.3 is 0 Å². The number of benzene rings is 2. The first-order valence-corrected chi connectivity index (χ1v) is 13.2. The Morgan fingerprint density at radius 1 is 1.11 bits per heavy atom. The van der Waals surface area contributed by atoms with Crippen LogP contribution in [0.5, 0.6) is 5.75 Å². The van der Waals surface area contributed by atoms with E-state index in [9.17, 15) is 13.2 Å². The predicted molar refractivity (Wildman–Crippen MR) is 136 cm³/mol. The molecule has 0 aliphatic heterocycles. The summed E-state index contributed by atoms with van der Waals surface area (Å²) in [5, 5.41) is 6.90. The average molecular weight is 515 g/mol. The van der Waals surface area contributed by atoms with Crippen molar-refractivity contribution in [2.75, 3.05) is 22.8 Å². The van der Waals surface area contributed by atoms with Crippen LogP contribution in [-0.2, 0) is 14.8 Å². The van der Waals surface area contributed by atoms with Crippen molar-refractivity contribution < 1.29 is 22.5 Å². The van der Waals surface area contributed by atoms with Gasteiger partial charge in [0.25, 0.3) is 10.0 Å². The van der Waals surface area contributed by atoms with Crippen LogP contribution in [0.25, 0.3) is 10.2 Å². The van der Waals surface area contributed by atoms with Crippen LogP contribution in [0.2, 0.25) is 0 Å². The van der Waals surface area contributed by atoms with Crippen molar-refractivity contribution in [3.63, 3.8) is 0 Å². The minimum Gasteiger partial charge on any atom is -0.494 e. The van der Waals surface area contributed by atoms with E-state index in [0.717, 1.165) is 20.1 Å². The zero-order valence-corrected chi connectivity index (χ0v) is 21.7. The molecule has 0 aliphatic carbocycles. The Kier molecular flexibility index (Phi) is 6.82. The first-order chi connectivity index (χ1) is 16.6. The summed E-state index contributed by atoms with van der Waals surface area (Å²) in [5.41, 5.74) is 3.06. The maximum atomic E-state index is 13.7. The summed E-state index contributed by atoms with van der Waals surface area (Å²) >= 11 is 1.29. The molecule has 35 heavy (non-hydrogen) atoms. The molecule has 9 nitrogen and oxygen atoms in total. The Labute approximate surface area is 207 Å². The number of sulfonamides is 1. The second kappa shape index (κ2) is 9.67. The van der Waals surface area contributed by atoms with Crippen LogP contribution >= 0.6 is 11.3 Å². The highest BCUT2D eigenvalue weighted by atomic mass is 32.2. The number of carbonyl (C=O) groups excluding carboxylic acids is 1. The van der Waals surface area contributed by atoms with Crippen molar-refractivity contribution in [2.24, 2.45) is 0 Å². The number of amides is 1. The van der Waals surface area contributed by atoms with Gasteiger partial charge in [-0.3, -0.25) is 9.10 Å². The molecule has 4 rings (SSSR count). The second-order valence-corrected chi connectivity index (χ2v) is 11.0. The lowest BCUT2D eigenvalue weighted by atomic mass is 10.1. The highest BCUT2D eigenvalue weighted by Gasteiger charge is 2.33. The number of nitrogens with one attached hydrogen (secondary N) is 1. The summed E-state index contributed by atoms with van der Waals surface area (Å²) < 4.78 is 40.0. The molecule has 0 saturated heterocycles. The molecule has 0 saturated carbocycles. The van der Waals surface area contributed by atoms with Gasteiger partial charge in [-0.05, 0) is 76.1 Å². The summed E-state index contributed by atoms with van der Waals surface area (Å²) in [6.07, 6.45) is 0. The number of fused-ring (bicyclic) bond motifs is 1. The zero-order chi connectivity index (χ0) is 25.3. The van der Waals surface area contributed by atoms with Gasteiger partial charge in [0.2, 0.25) is 5.91 Å². The van der Waals surface area contributed by atoms with Crippen molar-refractivity contribution in [3.8, 4) is 5.75 Å². The molecule has 2 aromatic heterocycles. The standard InChI is InChI=1S/C24H26N4O5S2/c1-6-32-19-7-8-20-21(12-19)34-24(25-20)26-22(29)13-28(18-10-14(2)9-15(3)11-18)35(30,31)23-16(4)27-33-17(23)5/h7-12H,6,13H2,1-5H3,(H,25,26,29). The molecule has 0 unspecified atom stereocenters. The van der Waals surface area contributed by atoms with Gasteiger partial charge in [-0.15, -0.1) is 0 Å². The third-order valence-corrected chi connectivity index (χ3v) is 8.17. The first kappa shape index (κ1) is 24.7. The number of hydrogen-bond acceptors (Lipinski definition) is 8. The molecule has 0 aliphatic rings. The molecule has 1 amide bonds. The number of rotatable bonds is 8. The number of hydrogen-bond donors (Lipinski definition) is 1. The lowest BCUT2D eigenvalue weighted by Crippen LogP contribution is -2.38. The van der Waals surface area contributed by atoms with E-state index in [0.29, 0.717) is 28.7 Å². The molecule has 0 bridgehead atoms. The number of thiazole rings is 1. The van der Waals surface area contributed by atoms with Crippen LogP contribution < -0.4 is 14.4 Å². The predicted octanol–water partition coefficient (Wildman–Crippen LogP) is 4.75. The smallest absolute Gasteiger partial charge is 0.270 e. The average Bonchev–Trinajstić information content (AvgIpc) is 3.32. The number of carbonyl (C=O) groups is 1. The second-order valence-electron chi connectivity index (χ2n) is 8.14. The van der Waals surface area contributed by atoms with Crippen molar-refractivity contribution in [1.29, 1.82) is 0 Å². The number of aromatic nitrogens is 2. The Morgan fingerprint density at radius 3 is 2.46 bits per heavy atom. The van der Waals surface area contributed by atoms with Crippen molar-refractivity contribution >= 4 is 48.3 Å². The molecule has 184 valence electrons. The van der Waals surface area contributed by atoms with Gasteiger partial charge in [0.05, 0.1) is 22.5 Å². The van der Waals surface area contributed by atoms with Crippen LogP contribution in [0.3, 0.4) is 0 Å². The summed E-state index contributed by atoms with van der Waals surface area (Å²) in [7, 11) is -4.15. The van der Waals surface area contributed by atoms with E-state index in [-0.39, 0.29) is 16.3 Å². The van der Waals surface area contributed by atoms with Gasteiger partial charge in [-0.2, -0.15) is 0 Å². The third-order valence-electron chi connectivity index (χ3n) is 5.21. The molecule has 1 N–H and O–H groups in total. The van der Waals surface area contributed by atoms with Crippen molar-refractivity contribution in [2.45, 2.75) is 39.5 Å². The highest BCUT2D eigenvalue weighted by Crippen LogP contribution is 2.31. The fourth-order valence-electron chi connectivity index (χ4n) is 3.87. The zero-order valence-electron chi connectivity index (χ0n) is 20.1. The SMILES string of the molecule is CCOc1ccc2nc(NC(=O)CN(c3cc(C)cc(C)c3)S(=O)(=O)c3c(C)noc3C)sc2c1. The summed E-state index contributed by atoms with van der Waals surface area (Å²) in [4.78, 5) is 17.5. The quantitative estimate of drug-likeness (QED) is 0.361. The topological polar surface area (TPSA) is 115 Å². The fraction of sp³-hybridized carbons (Fsp3) is 0.292. The lowest BCUT2D eigenvalue weighted by Gasteiger charge is -2.24. The highest BCUT2D eigenvalue weighted by molar-refractivity contribution is 7.93. The Morgan fingerprint density at radius 2 is 1.83 bits per heavy atom. The molecule has 4 aromatic rings. The van der Waals surface area contributed by atoms with Gasteiger partial charge in [-0.25, -0.2) is 13.4 Å². The van der Waals surface area contributed by atoms with E-state index < -0.39 is 22.5 Å². The van der Waals surface area contributed by atoms with Crippen LogP contribution in [0.4, 0.5) is 10.8 Å². The molecule has 11 heteroatoms. The van der Waals surface area contributed by atoms with Crippen LogP contribution in [0.1, 0.15) is 29.5 Å². The Hall–Kier alpha value is -3.44. The molecule has 0 fully saturated rings. The van der Waals surface area contributed by atoms with Crippen LogP contribution in [0, 0.1) is 27.7 Å². The Bertz CT molecular complexity index is 1470. The number of nitrogens with zero attached hydrogens (tertiary/aromatic N) is 3. The van der Waals surface area contributed by atoms with Crippen molar-refractivity contribution in [1.82, 2.24) is 10.1 Å². The van der Waals surface area contributed by atoms with E-state index in [1.54, 1.807) is 19.1 Å². The van der Waals surface area contributed by atoms with Crippen LogP contribution in [-0.4, -0.2) is 37.6 Å². The molecule has 0 atom stereocenters. The molecular formula is C24H26N4O5S2. The third kappa shape index (κ3) is 5.15. The molecule has 2 heterocycles. The summed E-state index contributed by atoms with van der Waals surface area (Å²) in [6, 6.07) is 10.9. The van der Waals surface area contributed by atoms with Crippen LogP contribution in [0.15, 0.2) is 45.8 Å². The molecular weight excluding hydrogens is 488 g/mol. The molecule has 0 radical (unpaired) electrons. The number of ether oxygens (including phenoxy) is 1. The Balaban J connectivity index is 1.67. The largest absolute Gasteiger partial charge is 0.494 e. The number of aryl methyl sites for hydroxylation is 4. The van der Waals surface area contributed by atoms with E-state index in [1.165, 1.54) is 18.3 Å². The van der Waals surface area contributed by atoms with Gasteiger partial charge in [-0.1, -0.05) is 22.6 Å². The van der Waals surface area contributed by atoms with Gasteiger partial charge in [0.1, 0.15) is 18.0 Å². The molecule has 0 spiro atoms. The van der Waals surface area contributed by atoms with E-state index in [2.05, 4.69) is 15.5 Å². The minimum atomic E-state index is -4.15. The van der Waals surface area contributed by atoms with E-state index in [4.69, 9.17) is 9.26 Å². The van der Waals surface area contributed by atoms with Crippen molar-refractivity contribution in [3.05, 3.63) is 59.0 Å². The minimum absolute atomic E-state index is 0.0482. The maximum absolute atomic E-state index is 13.7. The lowest BCUT2D eigenvalue weighted by molar-refractivity contribution is -0.114. The first-order valence-electron chi connectivity index (χ1n) is 11.0.